The molecule has 0 aliphatic heterocycles. The first-order valence-electron chi connectivity index (χ1n) is 6.96. The van der Waals surface area contributed by atoms with Crippen LogP contribution in [-0.4, -0.2) is 20.5 Å². The van der Waals surface area contributed by atoms with E-state index >= 15 is 0 Å². The number of fused-ring (bicyclic) bond motifs is 1. The molecule has 0 radical (unpaired) electrons. The number of nitrogens with zero attached hydrogens (tertiary/aromatic N) is 1. The summed E-state index contributed by atoms with van der Waals surface area (Å²) in [4.78, 5) is 4.31. The smallest absolute Gasteiger partial charge is 0.238 e. The van der Waals surface area contributed by atoms with Gasteiger partial charge >= 0.3 is 0 Å². The van der Waals surface area contributed by atoms with Crippen LogP contribution in [0.4, 0.5) is 5.13 Å². The third-order valence-electron chi connectivity index (χ3n) is 3.45. The molecule has 0 fully saturated rings. The summed E-state index contributed by atoms with van der Waals surface area (Å²) in [5.74, 6) is 0.648. The SMILES string of the molecule is COc1ccc2nc(NS(=O)(=O)Cc3ccccc3C)sc2c1. The van der Waals surface area contributed by atoms with Gasteiger partial charge in [0.15, 0.2) is 5.13 Å². The molecular weight excluding hydrogens is 332 g/mol. The van der Waals surface area contributed by atoms with Gasteiger partial charge < -0.3 is 4.74 Å². The Morgan fingerprint density at radius 3 is 2.74 bits per heavy atom. The minimum absolute atomic E-state index is 0.0705. The van der Waals surface area contributed by atoms with Crippen molar-refractivity contribution >= 4 is 36.7 Å². The molecule has 1 aromatic heterocycles. The van der Waals surface area contributed by atoms with Crippen LogP contribution in [0.2, 0.25) is 0 Å². The highest BCUT2D eigenvalue weighted by atomic mass is 32.2. The Balaban J connectivity index is 1.84. The van der Waals surface area contributed by atoms with Gasteiger partial charge in [0.25, 0.3) is 0 Å². The molecule has 7 heteroatoms. The second kappa shape index (κ2) is 6.17. The van der Waals surface area contributed by atoms with Crippen LogP contribution in [0.15, 0.2) is 42.5 Å². The molecule has 0 aliphatic carbocycles. The fraction of sp³-hybridized carbons (Fsp3) is 0.188. The number of thiazole rings is 1. The largest absolute Gasteiger partial charge is 0.497 e. The number of anilines is 1. The third kappa shape index (κ3) is 3.62. The molecule has 2 aromatic carbocycles. The number of aryl methyl sites for hydroxylation is 1. The molecule has 0 amide bonds. The average molecular weight is 348 g/mol. The zero-order chi connectivity index (χ0) is 16.4. The molecule has 5 nitrogen and oxygen atoms in total. The average Bonchev–Trinajstić information content (AvgIpc) is 2.89. The number of hydrogen-bond donors (Lipinski definition) is 1. The number of aromatic nitrogens is 1. The van der Waals surface area contributed by atoms with Crippen molar-refractivity contribution in [2.75, 3.05) is 11.8 Å². The van der Waals surface area contributed by atoms with E-state index in [1.165, 1.54) is 11.3 Å². The number of rotatable bonds is 5. The van der Waals surface area contributed by atoms with E-state index in [0.717, 1.165) is 27.1 Å². The topological polar surface area (TPSA) is 68.3 Å². The summed E-state index contributed by atoms with van der Waals surface area (Å²) < 4.78 is 33.3. The fourth-order valence-corrected chi connectivity index (χ4v) is 4.63. The highest BCUT2D eigenvalue weighted by molar-refractivity contribution is 7.92. The Morgan fingerprint density at radius 1 is 1.22 bits per heavy atom. The minimum Gasteiger partial charge on any atom is -0.497 e. The fourth-order valence-electron chi connectivity index (χ4n) is 2.22. The van der Waals surface area contributed by atoms with Gasteiger partial charge in [-0.05, 0) is 36.2 Å². The Morgan fingerprint density at radius 2 is 2.00 bits per heavy atom. The summed E-state index contributed by atoms with van der Waals surface area (Å²) >= 11 is 1.29. The summed E-state index contributed by atoms with van der Waals surface area (Å²) in [6.07, 6.45) is 0. The molecule has 0 saturated carbocycles. The van der Waals surface area contributed by atoms with Gasteiger partial charge in [0.1, 0.15) is 5.75 Å². The van der Waals surface area contributed by atoms with Crippen molar-refractivity contribution in [3.63, 3.8) is 0 Å². The van der Waals surface area contributed by atoms with E-state index in [1.807, 2.05) is 43.3 Å². The highest BCUT2D eigenvalue weighted by Crippen LogP contribution is 2.30. The van der Waals surface area contributed by atoms with Gasteiger partial charge in [0.05, 0.1) is 23.1 Å². The van der Waals surface area contributed by atoms with Crippen molar-refractivity contribution in [1.82, 2.24) is 4.98 Å². The van der Waals surface area contributed by atoms with Crippen LogP contribution in [0, 0.1) is 6.92 Å². The van der Waals surface area contributed by atoms with Crippen molar-refractivity contribution in [3.8, 4) is 5.75 Å². The van der Waals surface area contributed by atoms with E-state index in [9.17, 15) is 8.42 Å². The number of benzene rings is 2. The lowest BCUT2D eigenvalue weighted by molar-refractivity contribution is 0.415. The molecule has 23 heavy (non-hydrogen) atoms. The molecule has 1 N–H and O–H groups in total. The first-order chi connectivity index (χ1) is 11.0. The van der Waals surface area contributed by atoms with E-state index in [0.29, 0.717) is 5.13 Å². The van der Waals surface area contributed by atoms with Gasteiger partial charge in [-0.2, -0.15) is 0 Å². The summed E-state index contributed by atoms with van der Waals surface area (Å²) in [5, 5.41) is 0.363. The van der Waals surface area contributed by atoms with Gasteiger partial charge in [0.2, 0.25) is 10.0 Å². The van der Waals surface area contributed by atoms with E-state index in [1.54, 1.807) is 13.2 Å². The molecule has 3 rings (SSSR count). The van der Waals surface area contributed by atoms with Crippen molar-refractivity contribution < 1.29 is 13.2 Å². The second-order valence-electron chi connectivity index (χ2n) is 5.14. The molecule has 0 unspecified atom stereocenters. The molecule has 0 saturated heterocycles. The molecule has 0 aliphatic rings. The Labute approximate surface area is 139 Å². The highest BCUT2D eigenvalue weighted by Gasteiger charge is 2.16. The molecular formula is C16H16N2O3S2. The number of hydrogen-bond acceptors (Lipinski definition) is 5. The standard InChI is InChI=1S/C16H16N2O3S2/c1-11-5-3-4-6-12(11)10-23(19,20)18-16-17-14-8-7-13(21-2)9-15(14)22-16/h3-9H,10H2,1-2H3,(H,17,18). The first-order valence-corrected chi connectivity index (χ1v) is 9.43. The molecule has 3 aromatic rings. The van der Waals surface area contributed by atoms with E-state index in [2.05, 4.69) is 9.71 Å². The van der Waals surface area contributed by atoms with Gasteiger partial charge in [-0.15, -0.1) is 0 Å². The molecule has 0 spiro atoms. The summed E-state index contributed by atoms with van der Waals surface area (Å²) in [6, 6.07) is 12.9. The second-order valence-corrected chi connectivity index (χ2v) is 7.89. The predicted octanol–water partition coefficient (Wildman–Crippen LogP) is 3.56. The van der Waals surface area contributed by atoms with Gasteiger partial charge in [-0.1, -0.05) is 35.6 Å². The summed E-state index contributed by atoms with van der Waals surface area (Å²) in [5.41, 5.74) is 2.47. The molecule has 0 bridgehead atoms. The lowest BCUT2D eigenvalue weighted by atomic mass is 10.1. The lowest BCUT2D eigenvalue weighted by Gasteiger charge is -2.07. The Bertz CT molecular complexity index is 949. The summed E-state index contributed by atoms with van der Waals surface area (Å²) in [7, 11) is -1.92. The van der Waals surface area contributed by atoms with E-state index in [-0.39, 0.29) is 5.75 Å². The van der Waals surface area contributed by atoms with Crippen molar-refractivity contribution in [2.24, 2.45) is 0 Å². The van der Waals surface area contributed by atoms with Crippen LogP contribution in [0.3, 0.4) is 0 Å². The maximum atomic E-state index is 12.4. The van der Waals surface area contributed by atoms with Crippen LogP contribution >= 0.6 is 11.3 Å². The zero-order valence-corrected chi connectivity index (χ0v) is 14.4. The van der Waals surface area contributed by atoms with Crippen LogP contribution in [0.1, 0.15) is 11.1 Å². The first kappa shape index (κ1) is 15.8. The molecule has 0 atom stereocenters. The number of sulfonamides is 1. The van der Waals surface area contributed by atoms with Crippen molar-refractivity contribution in [3.05, 3.63) is 53.6 Å². The van der Waals surface area contributed by atoms with Gasteiger partial charge in [-0.3, -0.25) is 4.72 Å². The maximum absolute atomic E-state index is 12.4. The number of nitrogens with one attached hydrogen (secondary N) is 1. The Hall–Kier alpha value is -2.12. The van der Waals surface area contributed by atoms with Crippen LogP contribution in [0.25, 0.3) is 10.2 Å². The molecule has 1 heterocycles. The predicted molar refractivity (Wildman–Crippen MR) is 93.6 cm³/mol. The van der Waals surface area contributed by atoms with Gasteiger partial charge in [0, 0.05) is 0 Å². The monoisotopic (exact) mass is 348 g/mol. The van der Waals surface area contributed by atoms with Gasteiger partial charge in [-0.25, -0.2) is 13.4 Å². The molecule has 120 valence electrons. The maximum Gasteiger partial charge on any atom is 0.238 e. The Kier molecular flexibility index (Phi) is 4.23. The van der Waals surface area contributed by atoms with Crippen LogP contribution in [0.5, 0.6) is 5.75 Å². The minimum atomic E-state index is -3.51. The number of ether oxygens (including phenoxy) is 1. The van der Waals surface area contributed by atoms with E-state index < -0.39 is 10.0 Å². The quantitative estimate of drug-likeness (QED) is 0.765. The lowest BCUT2D eigenvalue weighted by Crippen LogP contribution is -2.15. The van der Waals surface area contributed by atoms with E-state index in [4.69, 9.17) is 4.74 Å². The summed E-state index contributed by atoms with van der Waals surface area (Å²) in [6.45, 7) is 1.90. The zero-order valence-electron chi connectivity index (χ0n) is 12.7. The third-order valence-corrected chi connectivity index (χ3v) is 5.70. The van der Waals surface area contributed by atoms with Crippen LogP contribution < -0.4 is 9.46 Å². The van der Waals surface area contributed by atoms with Crippen LogP contribution in [-0.2, 0) is 15.8 Å². The number of methoxy groups -OCH3 is 1. The van der Waals surface area contributed by atoms with Crippen molar-refractivity contribution in [1.29, 1.82) is 0 Å². The normalized spacial score (nSPS) is 11.6. The van der Waals surface area contributed by atoms with Crippen molar-refractivity contribution in [2.45, 2.75) is 12.7 Å².